The zero-order valence-corrected chi connectivity index (χ0v) is 13.2. The van der Waals surface area contributed by atoms with Crippen LogP contribution in [0.2, 0.25) is 0 Å². The van der Waals surface area contributed by atoms with Gasteiger partial charge in [-0.15, -0.1) is 0 Å². The quantitative estimate of drug-likeness (QED) is 0.923. The normalized spacial score (nSPS) is 12.2. The minimum absolute atomic E-state index is 0.0922. The molecule has 0 aliphatic heterocycles. The molecule has 1 N–H and O–H groups in total. The first kappa shape index (κ1) is 16.2. The molecule has 0 spiro atoms. The molecule has 22 heavy (non-hydrogen) atoms. The molecule has 1 aromatic heterocycles. The van der Waals surface area contributed by atoms with Gasteiger partial charge in [0.15, 0.2) is 0 Å². The summed E-state index contributed by atoms with van der Waals surface area (Å²) in [5, 5.41) is 7.26. The van der Waals surface area contributed by atoms with Crippen molar-refractivity contribution in [1.29, 1.82) is 0 Å². The molecule has 1 amide bonds. The van der Waals surface area contributed by atoms with Gasteiger partial charge < -0.3 is 10.1 Å². The number of nitrogens with one attached hydrogen (secondary N) is 1. The van der Waals surface area contributed by atoms with Crippen molar-refractivity contribution in [2.45, 2.75) is 26.8 Å². The number of hydrogen-bond acceptors (Lipinski definition) is 3. The number of ether oxygens (including phenoxy) is 1. The maximum Gasteiger partial charge on any atom is 0.255 e. The summed E-state index contributed by atoms with van der Waals surface area (Å²) >= 11 is 0. The second-order valence-electron chi connectivity index (χ2n) is 5.26. The Labute approximate surface area is 129 Å². The largest absolute Gasteiger partial charge is 0.383 e. The second kappa shape index (κ2) is 6.70. The first-order valence-corrected chi connectivity index (χ1v) is 7.06. The van der Waals surface area contributed by atoms with Crippen molar-refractivity contribution in [2.75, 3.05) is 13.7 Å². The van der Waals surface area contributed by atoms with Gasteiger partial charge in [-0.1, -0.05) is 0 Å². The van der Waals surface area contributed by atoms with Gasteiger partial charge in [0.05, 0.1) is 29.2 Å². The molecule has 0 radical (unpaired) electrons. The topological polar surface area (TPSA) is 56.1 Å². The smallest absolute Gasteiger partial charge is 0.255 e. The Balaban J connectivity index is 2.31. The molecule has 0 bridgehead atoms. The summed E-state index contributed by atoms with van der Waals surface area (Å²) in [6.07, 6.45) is 0. The molecule has 0 fully saturated rings. The zero-order valence-electron chi connectivity index (χ0n) is 13.2. The van der Waals surface area contributed by atoms with Gasteiger partial charge in [0, 0.05) is 13.2 Å². The monoisotopic (exact) mass is 305 g/mol. The number of aryl methyl sites for hydroxylation is 1. The molecule has 0 saturated carbocycles. The third-order valence-electron chi connectivity index (χ3n) is 3.38. The Morgan fingerprint density at radius 2 is 2.00 bits per heavy atom. The van der Waals surface area contributed by atoms with E-state index >= 15 is 0 Å². The Bertz CT molecular complexity index is 665. The minimum Gasteiger partial charge on any atom is -0.383 e. The van der Waals surface area contributed by atoms with E-state index in [4.69, 9.17) is 4.74 Å². The van der Waals surface area contributed by atoms with Gasteiger partial charge in [0.2, 0.25) is 0 Å². The summed E-state index contributed by atoms with van der Waals surface area (Å²) in [6.45, 7) is 5.91. The zero-order chi connectivity index (χ0) is 16.3. The van der Waals surface area contributed by atoms with E-state index in [1.807, 2.05) is 13.8 Å². The van der Waals surface area contributed by atoms with Crippen LogP contribution in [0.5, 0.6) is 0 Å². The van der Waals surface area contributed by atoms with Crippen LogP contribution in [0.1, 0.15) is 28.7 Å². The Morgan fingerprint density at radius 3 is 2.59 bits per heavy atom. The highest BCUT2D eigenvalue weighted by Crippen LogP contribution is 2.18. The molecule has 0 aliphatic carbocycles. The molecule has 2 aromatic rings. The van der Waals surface area contributed by atoms with Crippen molar-refractivity contribution >= 4 is 5.91 Å². The van der Waals surface area contributed by atoms with Gasteiger partial charge in [0.25, 0.3) is 5.91 Å². The number of hydrogen-bond donors (Lipinski definition) is 1. The van der Waals surface area contributed by atoms with Crippen LogP contribution >= 0.6 is 0 Å². The van der Waals surface area contributed by atoms with E-state index in [0.29, 0.717) is 29.2 Å². The first-order valence-electron chi connectivity index (χ1n) is 7.06. The van der Waals surface area contributed by atoms with E-state index in [9.17, 15) is 9.18 Å². The number of carbonyl (C=O) groups excluding carboxylic acids is 1. The molecule has 118 valence electrons. The number of halogens is 1. The van der Waals surface area contributed by atoms with E-state index in [1.54, 1.807) is 30.8 Å². The molecule has 0 aliphatic rings. The summed E-state index contributed by atoms with van der Waals surface area (Å²) in [7, 11) is 1.59. The summed E-state index contributed by atoms with van der Waals surface area (Å²) in [4.78, 5) is 12.4. The van der Waals surface area contributed by atoms with Crippen LogP contribution in [0.15, 0.2) is 24.3 Å². The predicted octanol–water partition coefficient (Wildman–Crippen LogP) is 2.39. The molecule has 1 aromatic carbocycles. The van der Waals surface area contributed by atoms with Gasteiger partial charge in [0.1, 0.15) is 5.82 Å². The average Bonchev–Trinajstić information content (AvgIpc) is 2.75. The molecule has 5 nitrogen and oxygen atoms in total. The number of nitrogens with zero attached hydrogens (tertiary/aromatic N) is 2. The third kappa shape index (κ3) is 3.33. The van der Waals surface area contributed by atoms with Crippen LogP contribution in [0.4, 0.5) is 4.39 Å². The third-order valence-corrected chi connectivity index (χ3v) is 3.38. The predicted molar refractivity (Wildman–Crippen MR) is 81.8 cm³/mol. The van der Waals surface area contributed by atoms with Crippen LogP contribution in [0, 0.1) is 19.7 Å². The van der Waals surface area contributed by atoms with Crippen LogP contribution in [-0.2, 0) is 4.74 Å². The van der Waals surface area contributed by atoms with Crippen molar-refractivity contribution in [3.8, 4) is 5.69 Å². The van der Waals surface area contributed by atoms with E-state index in [1.165, 1.54) is 12.1 Å². The fraction of sp³-hybridized carbons (Fsp3) is 0.375. The summed E-state index contributed by atoms with van der Waals surface area (Å²) < 4.78 is 19.7. The summed E-state index contributed by atoms with van der Waals surface area (Å²) in [5.74, 6) is -0.496. The van der Waals surface area contributed by atoms with Crippen LogP contribution in [-0.4, -0.2) is 35.4 Å². The molecular weight excluding hydrogens is 285 g/mol. The molecule has 6 heteroatoms. The fourth-order valence-corrected chi connectivity index (χ4v) is 2.39. The maximum absolute atomic E-state index is 13.0. The van der Waals surface area contributed by atoms with Crippen molar-refractivity contribution in [3.63, 3.8) is 0 Å². The number of rotatable bonds is 5. The number of methoxy groups -OCH3 is 1. The lowest BCUT2D eigenvalue weighted by Gasteiger charge is -2.13. The highest BCUT2D eigenvalue weighted by Gasteiger charge is 2.20. The van der Waals surface area contributed by atoms with Crippen molar-refractivity contribution in [2.24, 2.45) is 0 Å². The first-order chi connectivity index (χ1) is 10.4. The molecule has 1 atom stereocenters. The van der Waals surface area contributed by atoms with Gasteiger partial charge in [-0.05, 0) is 45.0 Å². The highest BCUT2D eigenvalue weighted by atomic mass is 19.1. The van der Waals surface area contributed by atoms with Gasteiger partial charge in [-0.2, -0.15) is 5.10 Å². The standard InChI is InChI=1S/C16H20FN3O2/c1-10(9-22-4)18-16(21)15-11(2)19-20(12(15)3)14-7-5-13(17)6-8-14/h5-8,10H,9H2,1-4H3,(H,18,21). The van der Waals surface area contributed by atoms with Crippen molar-refractivity contribution in [1.82, 2.24) is 15.1 Å². The fourth-order valence-electron chi connectivity index (χ4n) is 2.39. The Hall–Kier alpha value is -2.21. The number of benzene rings is 1. The van der Waals surface area contributed by atoms with Crippen LogP contribution in [0.25, 0.3) is 5.69 Å². The number of carbonyl (C=O) groups is 1. The Kier molecular flexibility index (Phi) is 4.92. The molecule has 1 heterocycles. The number of amides is 1. The summed E-state index contributed by atoms with van der Waals surface area (Å²) in [6, 6.07) is 5.90. The van der Waals surface area contributed by atoms with Gasteiger partial charge >= 0.3 is 0 Å². The lowest BCUT2D eigenvalue weighted by Crippen LogP contribution is -2.36. The maximum atomic E-state index is 13.0. The molecule has 0 saturated heterocycles. The van der Waals surface area contributed by atoms with Gasteiger partial charge in [-0.3, -0.25) is 4.79 Å². The lowest BCUT2D eigenvalue weighted by molar-refractivity contribution is 0.0904. The van der Waals surface area contributed by atoms with E-state index in [2.05, 4.69) is 10.4 Å². The highest BCUT2D eigenvalue weighted by molar-refractivity contribution is 5.96. The lowest BCUT2D eigenvalue weighted by atomic mass is 10.1. The van der Waals surface area contributed by atoms with E-state index in [-0.39, 0.29) is 17.8 Å². The second-order valence-corrected chi connectivity index (χ2v) is 5.26. The van der Waals surface area contributed by atoms with Crippen molar-refractivity contribution in [3.05, 3.63) is 47.0 Å². The molecular formula is C16H20FN3O2. The Morgan fingerprint density at radius 1 is 1.36 bits per heavy atom. The molecule has 1 unspecified atom stereocenters. The van der Waals surface area contributed by atoms with Gasteiger partial charge in [-0.25, -0.2) is 9.07 Å². The van der Waals surface area contributed by atoms with Crippen molar-refractivity contribution < 1.29 is 13.9 Å². The SMILES string of the molecule is COCC(C)NC(=O)c1c(C)nn(-c2ccc(F)cc2)c1C. The van der Waals surface area contributed by atoms with Crippen LogP contribution < -0.4 is 5.32 Å². The minimum atomic E-state index is -0.309. The summed E-state index contributed by atoms with van der Waals surface area (Å²) in [5.41, 5.74) is 2.59. The van der Waals surface area contributed by atoms with E-state index in [0.717, 1.165) is 0 Å². The van der Waals surface area contributed by atoms with Crippen LogP contribution in [0.3, 0.4) is 0 Å². The number of aromatic nitrogens is 2. The molecule has 2 rings (SSSR count). The van der Waals surface area contributed by atoms with E-state index < -0.39 is 0 Å². The average molecular weight is 305 g/mol.